The molecule has 0 aliphatic carbocycles. The minimum absolute atomic E-state index is 0.643. The van der Waals surface area contributed by atoms with Crippen LogP contribution >= 0.6 is 23.2 Å². The summed E-state index contributed by atoms with van der Waals surface area (Å²) >= 11 is 11.4. The molecule has 0 aliphatic heterocycles. The van der Waals surface area contributed by atoms with E-state index >= 15 is 0 Å². The molecule has 2 rings (SSSR count). The van der Waals surface area contributed by atoms with Gasteiger partial charge in [-0.3, -0.25) is 0 Å². The van der Waals surface area contributed by atoms with Crippen molar-refractivity contribution >= 4 is 34.2 Å². The fourth-order valence-electron chi connectivity index (χ4n) is 1.38. The van der Waals surface area contributed by atoms with E-state index in [1.807, 2.05) is 18.2 Å². The summed E-state index contributed by atoms with van der Waals surface area (Å²) in [6.07, 6.45) is 1.70. The Kier molecular flexibility index (Phi) is 3.77. The van der Waals surface area contributed by atoms with Crippen molar-refractivity contribution in [2.75, 3.05) is 5.88 Å². The van der Waals surface area contributed by atoms with Gasteiger partial charge in [0, 0.05) is 28.8 Å². The van der Waals surface area contributed by atoms with E-state index in [0.29, 0.717) is 16.7 Å². The van der Waals surface area contributed by atoms with E-state index in [2.05, 4.69) is 11.8 Å². The summed E-state index contributed by atoms with van der Waals surface area (Å²) in [6.45, 7) is 0. The van der Waals surface area contributed by atoms with Gasteiger partial charge in [-0.1, -0.05) is 17.5 Å². The topological polar surface area (TPSA) is 13.1 Å². The van der Waals surface area contributed by atoms with Crippen LogP contribution in [-0.2, 0) is 0 Å². The number of halogens is 2. The van der Waals surface area contributed by atoms with Crippen molar-refractivity contribution in [3.63, 3.8) is 0 Å². The minimum Gasteiger partial charge on any atom is -0.448 e. The molecule has 82 valence electrons. The Balaban J connectivity index is 2.21. The maximum Gasteiger partial charge on any atom is 0.178 e. The summed E-state index contributed by atoms with van der Waals surface area (Å²) in [6, 6.07) is 7.42. The van der Waals surface area contributed by atoms with Gasteiger partial charge < -0.3 is 4.42 Å². The van der Waals surface area contributed by atoms with Crippen LogP contribution in [0.1, 0.15) is 18.6 Å². The SMILES string of the molecule is ClCCCC#Cc1cc2cc(Cl)ccc2o1. The van der Waals surface area contributed by atoms with E-state index < -0.39 is 0 Å². The summed E-state index contributed by atoms with van der Waals surface area (Å²) < 4.78 is 5.54. The zero-order chi connectivity index (χ0) is 11.4. The fourth-order valence-corrected chi connectivity index (χ4v) is 1.69. The summed E-state index contributed by atoms with van der Waals surface area (Å²) in [4.78, 5) is 0. The summed E-state index contributed by atoms with van der Waals surface area (Å²) in [7, 11) is 0. The summed E-state index contributed by atoms with van der Waals surface area (Å²) in [5.41, 5.74) is 0.811. The van der Waals surface area contributed by atoms with E-state index in [-0.39, 0.29) is 0 Å². The molecule has 0 radical (unpaired) electrons. The number of benzene rings is 1. The van der Waals surface area contributed by atoms with Crippen LogP contribution in [0.25, 0.3) is 11.0 Å². The second-order valence-corrected chi connectivity index (χ2v) is 4.20. The molecule has 0 unspecified atom stereocenters. The first-order chi connectivity index (χ1) is 7.79. The van der Waals surface area contributed by atoms with Crippen molar-refractivity contribution in [2.45, 2.75) is 12.8 Å². The Morgan fingerprint density at radius 2 is 2.12 bits per heavy atom. The van der Waals surface area contributed by atoms with Crippen molar-refractivity contribution < 1.29 is 4.42 Å². The molecule has 2 aromatic rings. The molecule has 0 spiro atoms. The summed E-state index contributed by atoms with van der Waals surface area (Å²) in [5, 5.41) is 1.68. The average Bonchev–Trinajstić information content (AvgIpc) is 2.66. The van der Waals surface area contributed by atoms with E-state index in [9.17, 15) is 0 Å². The third-order valence-electron chi connectivity index (χ3n) is 2.13. The smallest absolute Gasteiger partial charge is 0.178 e. The van der Waals surface area contributed by atoms with Gasteiger partial charge in [0.15, 0.2) is 5.76 Å². The Hall–Kier alpha value is -1.10. The Morgan fingerprint density at radius 3 is 2.94 bits per heavy atom. The number of fused-ring (bicyclic) bond motifs is 1. The Morgan fingerprint density at radius 1 is 1.25 bits per heavy atom. The Labute approximate surface area is 104 Å². The Bertz CT molecular complexity index is 546. The molecule has 0 aliphatic rings. The van der Waals surface area contributed by atoms with E-state index in [1.54, 1.807) is 6.07 Å². The molecule has 0 bridgehead atoms. The van der Waals surface area contributed by atoms with Crippen LogP contribution < -0.4 is 0 Å². The highest BCUT2D eigenvalue weighted by Gasteiger charge is 2.01. The number of furan rings is 1. The standard InChI is InChI=1S/C13H10Cl2O/c14-7-3-1-2-4-12-9-10-8-11(15)5-6-13(10)16-12/h5-6,8-9H,1,3,7H2. The predicted molar refractivity (Wildman–Crippen MR) is 68.1 cm³/mol. The lowest BCUT2D eigenvalue weighted by atomic mass is 10.2. The third kappa shape index (κ3) is 2.72. The van der Waals surface area contributed by atoms with Crippen LogP contribution in [0.5, 0.6) is 0 Å². The highest BCUT2D eigenvalue weighted by atomic mass is 35.5. The molecule has 1 aromatic heterocycles. The summed E-state index contributed by atoms with van der Waals surface area (Å²) in [5.74, 6) is 7.30. The molecular formula is C13H10Cl2O. The lowest BCUT2D eigenvalue weighted by Gasteiger charge is -1.87. The molecule has 0 fully saturated rings. The van der Waals surface area contributed by atoms with Crippen LogP contribution in [0, 0.1) is 11.8 Å². The zero-order valence-electron chi connectivity index (χ0n) is 8.59. The molecule has 16 heavy (non-hydrogen) atoms. The molecule has 3 heteroatoms. The van der Waals surface area contributed by atoms with Crippen LogP contribution in [0.2, 0.25) is 5.02 Å². The first-order valence-corrected chi connectivity index (χ1v) is 5.95. The van der Waals surface area contributed by atoms with Crippen molar-refractivity contribution in [1.29, 1.82) is 0 Å². The monoisotopic (exact) mass is 252 g/mol. The highest BCUT2D eigenvalue weighted by Crippen LogP contribution is 2.22. The van der Waals surface area contributed by atoms with Crippen LogP contribution in [0.3, 0.4) is 0 Å². The van der Waals surface area contributed by atoms with Gasteiger partial charge in [-0.05, 0) is 30.5 Å². The molecule has 0 atom stereocenters. The van der Waals surface area contributed by atoms with Crippen molar-refractivity contribution in [3.8, 4) is 11.8 Å². The lowest BCUT2D eigenvalue weighted by Crippen LogP contribution is -1.71. The normalized spacial score (nSPS) is 10.1. The maximum absolute atomic E-state index is 5.88. The van der Waals surface area contributed by atoms with E-state index in [1.165, 1.54) is 0 Å². The first-order valence-electron chi connectivity index (χ1n) is 5.03. The predicted octanol–water partition coefficient (Wildman–Crippen LogP) is 4.46. The zero-order valence-corrected chi connectivity index (χ0v) is 10.1. The van der Waals surface area contributed by atoms with Gasteiger partial charge in [-0.25, -0.2) is 0 Å². The second-order valence-electron chi connectivity index (χ2n) is 3.39. The average molecular weight is 253 g/mol. The van der Waals surface area contributed by atoms with Gasteiger partial charge in [0.05, 0.1) is 0 Å². The molecule has 1 heterocycles. The number of unbranched alkanes of at least 4 members (excludes halogenated alkanes) is 1. The van der Waals surface area contributed by atoms with Crippen LogP contribution in [0.15, 0.2) is 28.7 Å². The molecule has 1 nitrogen and oxygen atoms in total. The van der Waals surface area contributed by atoms with Crippen molar-refractivity contribution in [2.24, 2.45) is 0 Å². The lowest BCUT2D eigenvalue weighted by molar-refractivity contribution is 0.601. The van der Waals surface area contributed by atoms with Gasteiger partial charge in [-0.2, -0.15) is 0 Å². The van der Waals surface area contributed by atoms with E-state index in [4.69, 9.17) is 27.6 Å². The fraction of sp³-hybridized carbons (Fsp3) is 0.231. The van der Waals surface area contributed by atoms with E-state index in [0.717, 1.165) is 23.8 Å². The minimum atomic E-state index is 0.643. The molecule has 1 aromatic carbocycles. The second kappa shape index (κ2) is 5.30. The van der Waals surface area contributed by atoms with Gasteiger partial charge in [0.25, 0.3) is 0 Å². The first kappa shape index (κ1) is 11.4. The van der Waals surface area contributed by atoms with Gasteiger partial charge in [-0.15, -0.1) is 11.6 Å². The van der Waals surface area contributed by atoms with Crippen LogP contribution in [-0.4, -0.2) is 5.88 Å². The molecule has 0 saturated heterocycles. The molecule has 0 amide bonds. The highest BCUT2D eigenvalue weighted by molar-refractivity contribution is 6.31. The van der Waals surface area contributed by atoms with Crippen molar-refractivity contribution in [1.82, 2.24) is 0 Å². The van der Waals surface area contributed by atoms with Crippen LogP contribution in [0.4, 0.5) is 0 Å². The molecular weight excluding hydrogens is 243 g/mol. The maximum atomic E-state index is 5.88. The largest absolute Gasteiger partial charge is 0.448 e. The quantitative estimate of drug-likeness (QED) is 0.437. The van der Waals surface area contributed by atoms with Gasteiger partial charge in [0.1, 0.15) is 5.58 Å². The van der Waals surface area contributed by atoms with Gasteiger partial charge in [0.2, 0.25) is 0 Å². The number of alkyl halides is 1. The number of hydrogen-bond donors (Lipinski definition) is 0. The number of rotatable bonds is 2. The third-order valence-corrected chi connectivity index (χ3v) is 2.63. The molecule has 0 saturated carbocycles. The van der Waals surface area contributed by atoms with Crippen molar-refractivity contribution in [3.05, 3.63) is 35.0 Å². The van der Waals surface area contributed by atoms with Gasteiger partial charge >= 0.3 is 0 Å². The molecule has 0 N–H and O–H groups in total. The number of hydrogen-bond acceptors (Lipinski definition) is 1.